The molecule has 1 aliphatic carbocycles. The highest BCUT2D eigenvalue weighted by molar-refractivity contribution is 7.19. The first-order valence-electron chi connectivity index (χ1n) is 11.1. The Morgan fingerprint density at radius 1 is 1.18 bits per heavy atom. The lowest BCUT2D eigenvalue weighted by Gasteiger charge is -2.22. The number of carbonyl (C=O) groups is 1. The van der Waals surface area contributed by atoms with Crippen LogP contribution < -0.4 is 10.6 Å². The maximum absolute atomic E-state index is 13.1. The van der Waals surface area contributed by atoms with Crippen LogP contribution in [0.2, 0.25) is 0 Å². The molecule has 1 atom stereocenters. The lowest BCUT2D eigenvalue weighted by atomic mass is 9.87. The van der Waals surface area contributed by atoms with E-state index in [0.29, 0.717) is 13.0 Å². The van der Waals surface area contributed by atoms with Crippen LogP contribution in [0.15, 0.2) is 55.0 Å². The maximum Gasteiger partial charge on any atom is 0.223 e. The van der Waals surface area contributed by atoms with Crippen LogP contribution in [0.4, 0.5) is 15.9 Å². The van der Waals surface area contributed by atoms with E-state index in [1.165, 1.54) is 22.6 Å². The first-order chi connectivity index (χ1) is 16.6. The third kappa shape index (κ3) is 3.88. The van der Waals surface area contributed by atoms with Crippen molar-refractivity contribution in [2.75, 3.05) is 5.32 Å². The molecular formula is C25H21FN6OS. The fourth-order valence-corrected chi connectivity index (χ4v) is 5.79. The number of aromatic amines is 1. The van der Waals surface area contributed by atoms with Crippen LogP contribution in [0.1, 0.15) is 22.4 Å². The number of aryl methyl sites for hydroxylation is 1. The minimum Gasteiger partial charge on any atom is -0.352 e. The van der Waals surface area contributed by atoms with E-state index in [0.717, 1.165) is 51.0 Å². The summed E-state index contributed by atoms with van der Waals surface area (Å²) in [6.07, 6.45) is 5.63. The number of thiophene rings is 1. The van der Waals surface area contributed by atoms with E-state index < -0.39 is 0 Å². The van der Waals surface area contributed by atoms with Gasteiger partial charge >= 0.3 is 0 Å². The molecule has 0 spiro atoms. The van der Waals surface area contributed by atoms with E-state index in [4.69, 9.17) is 0 Å². The van der Waals surface area contributed by atoms with Gasteiger partial charge in [-0.3, -0.25) is 9.89 Å². The SMILES string of the molecule is O=C(NCc1ccc(F)cc1)C1CCc2c(sc3ncnc(Nc4ccc5[nH]ncc5c4)c23)C1. The highest BCUT2D eigenvalue weighted by atomic mass is 32.1. The number of nitrogens with one attached hydrogen (secondary N) is 3. The number of benzene rings is 2. The average molecular weight is 473 g/mol. The molecule has 5 aromatic rings. The van der Waals surface area contributed by atoms with Gasteiger partial charge in [0, 0.05) is 28.4 Å². The minimum atomic E-state index is -0.279. The second-order valence-corrected chi connectivity index (χ2v) is 9.57. The van der Waals surface area contributed by atoms with Crippen molar-refractivity contribution < 1.29 is 9.18 Å². The minimum absolute atomic E-state index is 0.0327. The summed E-state index contributed by atoms with van der Waals surface area (Å²) in [5, 5.41) is 15.6. The average Bonchev–Trinajstić information content (AvgIpc) is 3.47. The summed E-state index contributed by atoms with van der Waals surface area (Å²) in [5.41, 5.74) is 4.03. The van der Waals surface area contributed by atoms with Gasteiger partial charge in [-0.1, -0.05) is 12.1 Å². The fourth-order valence-electron chi connectivity index (χ4n) is 4.52. The molecule has 34 heavy (non-hydrogen) atoms. The Labute approximate surface area is 198 Å². The lowest BCUT2D eigenvalue weighted by Crippen LogP contribution is -2.33. The second-order valence-electron chi connectivity index (χ2n) is 8.49. The Hall–Kier alpha value is -3.85. The third-order valence-corrected chi connectivity index (χ3v) is 7.46. The Bertz CT molecular complexity index is 1510. The molecule has 0 fully saturated rings. The topological polar surface area (TPSA) is 95.6 Å². The molecule has 3 heterocycles. The summed E-state index contributed by atoms with van der Waals surface area (Å²) >= 11 is 1.64. The largest absolute Gasteiger partial charge is 0.352 e. The van der Waals surface area contributed by atoms with Crippen molar-refractivity contribution in [2.45, 2.75) is 25.8 Å². The van der Waals surface area contributed by atoms with Crippen molar-refractivity contribution >= 4 is 49.9 Å². The third-order valence-electron chi connectivity index (χ3n) is 6.30. The molecule has 0 radical (unpaired) electrons. The van der Waals surface area contributed by atoms with Crippen LogP contribution in [0, 0.1) is 11.7 Å². The molecule has 3 aromatic heterocycles. The molecule has 1 aliphatic rings. The van der Waals surface area contributed by atoms with Crippen molar-refractivity contribution in [1.29, 1.82) is 0 Å². The molecule has 3 N–H and O–H groups in total. The standard InChI is InChI=1S/C25H21FN6OS/c26-17-4-1-14(2-5-17)11-27-24(33)15-3-7-19-21(10-15)34-25-22(19)23(28-13-29-25)31-18-6-8-20-16(9-18)12-30-32-20/h1-2,4-6,8-9,12-13,15H,3,7,10-11H2,(H,27,33)(H,30,32)(H,28,29,31). The normalized spacial score (nSPS) is 15.4. The second kappa shape index (κ2) is 8.49. The zero-order chi connectivity index (χ0) is 23.1. The van der Waals surface area contributed by atoms with Gasteiger partial charge in [0.1, 0.15) is 22.8 Å². The van der Waals surface area contributed by atoms with Gasteiger partial charge in [-0.25, -0.2) is 14.4 Å². The van der Waals surface area contributed by atoms with Gasteiger partial charge in [-0.2, -0.15) is 5.10 Å². The number of hydrogen-bond acceptors (Lipinski definition) is 6. The number of rotatable bonds is 5. The monoisotopic (exact) mass is 472 g/mol. The Kier molecular flexibility index (Phi) is 5.18. The molecule has 0 bridgehead atoms. The van der Waals surface area contributed by atoms with E-state index in [-0.39, 0.29) is 17.6 Å². The maximum atomic E-state index is 13.1. The summed E-state index contributed by atoms with van der Waals surface area (Å²) in [6.45, 7) is 0.398. The van der Waals surface area contributed by atoms with E-state index >= 15 is 0 Å². The van der Waals surface area contributed by atoms with Crippen LogP contribution >= 0.6 is 11.3 Å². The summed E-state index contributed by atoms with van der Waals surface area (Å²) in [5.74, 6) is 0.447. The summed E-state index contributed by atoms with van der Waals surface area (Å²) in [7, 11) is 0. The van der Waals surface area contributed by atoms with Gasteiger partial charge in [0.25, 0.3) is 0 Å². The van der Waals surface area contributed by atoms with E-state index in [2.05, 4.69) is 30.8 Å². The number of fused-ring (bicyclic) bond motifs is 4. The van der Waals surface area contributed by atoms with E-state index in [9.17, 15) is 9.18 Å². The first-order valence-corrected chi connectivity index (χ1v) is 11.9. The molecule has 170 valence electrons. The van der Waals surface area contributed by atoms with Crippen molar-refractivity contribution in [2.24, 2.45) is 5.92 Å². The first kappa shape index (κ1) is 20.7. The molecule has 0 aliphatic heterocycles. The summed E-state index contributed by atoms with van der Waals surface area (Å²) in [6, 6.07) is 12.2. The molecule has 1 amide bonds. The molecule has 0 saturated heterocycles. The highest BCUT2D eigenvalue weighted by Crippen LogP contribution is 2.40. The molecule has 6 rings (SSSR count). The van der Waals surface area contributed by atoms with Crippen LogP contribution in [-0.4, -0.2) is 26.1 Å². The number of H-pyrrole nitrogens is 1. The van der Waals surface area contributed by atoms with Crippen molar-refractivity contribution in [1.82, 2.24) is 25.5 Å². The van der Waals surface area contributed by atoms with Gasteiger partial charge in [-0.05, 0) is 60.7 Å². The summed E-state index contributed by atoms with van der Waals surface area (Å²) < 4.78 is 13.1. The van der Waals surface area contributed by atoms with Crippen molar-refractivity contribution in [3.8, 4) is 0 Å². The van der Waals surface area contributed by atoms with Crippen molar-refractivity contribution in [3.05, 3.63) is 76.8 Å². The number of hydrogen-bond donors (Lipinski definition) is 3. The fraction of sp³-hybridized carbons (Fsp3) is 0.200. The lowest BCUT2D eigenvalue weighted by molar-refractivity contribution is -0.125. The molecule has 0 saturated carbocycles. The van der Waals surface area contributed by atoms with Crippen LogP contribution in [-0.2, 0) is 24.2 Å². The summed E-state index contributed by atoms with van der Waals surface area (Å²) in [4.78, 5) is 24.0. The predicted octanol–water partition coefficient (Wildman–Crippen LogP) is 4.87. The van der Waals surface area contributed by atoms with Gasteiger partial charge < -0.3 is 10.6 Å². The molecule has 9 heteroatoms. The number of anilines is 2. The van der Waals surface area contributed by atoms with Crippen LogP contribution in [0.5, 0.6) is 0 Å². The predicted molar refractivity (Wildman–Crippen MR) is 131 cm³/mol. The van der Waals surface area contributed by atoms with Gasteiger partial charge in [0.2, 0.25) is 5.91 Å². The zero-order valence-electron chi connectivity index (χ0n) is 18.1. The van der Waals surface area contributed by atoms with Gasteiger partial charge in [0.05, 0.1) is 17.1 Å². The number of halogens is 1. The van der Waals surface area contributed by atoms with E-state index in [1.54, 1.807) is 36.0 Å². The number of nitrogens with zero attached hydrogens (tertiary/aromatic N) is 3. The molecule has 2 aromatic carbocycles. The Balaban J connectivity index is 1.21. The quantitative estimate of drug-likeness (QED) is 0.339. The highest BCUT2D eigenvalue weighted by Gasteiger charge is 2.29. The Morgan fingerprint density at radius 2 is 2.06 bits per heavy atom. The van der Waals surface area contributed by atoms with Gasteiger partial charge in [0.15, 0.2) is 0 Å². The van der Waals surface area contributed by atoms with Crippen LogP contribution in [0.3, 0.4) is 0 Å². The molecule has 1 unspecified atom stereocenters. The number of carbonyl (C=O) groups excluding carboxylic acids is 1. The van der Waals surface area contributed by atoms with Crippen molar-refractivity contribution in [3.63, 3.8) is 0 Å². The molecular weight excluding hydrogens is 451 g/mol. The van der Waals surface area contributed by atoms with Crippen LogP contribution in [0.25, 0.3) is 21.1 Å². The van der Waals surface area contributed by atoms with E-state index in [1.807, 2.05) is 18.2 Å². The number of amides is 1. The smallest absolute Gasteiger partial charge is 0.223 e. The van der Waals surface area contributed by atoms with Gasteiger partial charge in [-0.15, -0.1) is 11.3 Å². The number of aromatic nitrogens is 4. The molecule has 7 nitrogen and oxygen atoms in total. The zero-order valence-corrected chi connectivity index (χ0v) is 19.0. The Morgan fingerprint density at radius 3 is 2.94 bits per heavy atom.